The second kappa shape index (κ2) is 4.93. The number of methoxy groups -OCH3 is 2. The van der Waals surface area contributed by atoms with E-state index in [0.29, 0.717) is 11.5 Å². The highest BCUT2D eigenvalue weighted by Gasteiger charge is 2.09. The quantitative estimate of drug-likeness (QED) is 0.551. The predicted molar refractivity (Wildman–Crippen MR) is 52.0 cm³/mol. The maximum atomic E-state index is 11.2. The fourth-order valence-corrected chi connectivity index (χ4v) is 1.08. The van der Waals surface area contributed by atoms with Crippen molar-refractivity contribution in [1.29, 1.82) is 0 Å². The molecule has 1 rings (SSSR count). The van der Waals surface area contributed by atoms with Gasteiger partial charge in [0.05, 0.1) is 14.2 Å². The third-order valence-corrected chi connectivity index (χ3v) is 1.78. The summed E-state index contributed by atoms with van der Waals surface area (Å²) in [5, 5.41) is 0. The molecule has 0 bridgehead atoms. The van der Waals surface area contributed by atoms with Gasteiger partial charge in [-0.1, -0.05) is 0 Å². The van der Waals surface area contributed by atoms with Crippen molar-refractivity contribution >= 4 is 12.0 Å². The number of hydrogen-bond acceptors (Lipinski definition) is 4. The van der Waals surface area contributed by atoms with Gasteiger partial charge in [0, 0.05) is 5.56 Å². The first-order chi connectivity index (χ1) is 7.22. The van der Waals surface area contributed by atoms with Gasteiger partial charge in [0.15, 0.2) is 11.5 Å². The van der Waals surface area contributed by atoms with Gasteiger partial charge >= 0.3 is 0 Å². The van der Waals surface area contributed by atoms with Gasteiger partial charge in [-0.05, 0) is 18.2 Å². The van der Waals surface area contributed by atoms with Gasteiger partial charge in [-0.2, -0.15) is 0 Å². The zero-order valence-corrected chi connectivity index (χ0v) is 8.31. The van der Waals surface area contributed by atoms with E-state index in [1.807, 2.05) is 0 Å². The van der Waals surface area contributed by atoms with Crippen molar-refractivity contribution in [2.75, 3.05) is 14.2 Å². The Morgan fingerprint density at radius 2 is 1.93 bits per heavy atom. The monoisotopic (exact) mass is 207 g/mol. The minimum Gasteiger partial charge on any atom is -0.493 e. The average Bonchev–Trinajstić information content (AvgIpc) is 2.28. The highest BCUT2D eigenvalue weighted by Crippen LogP contribution is 2.27. The number of aliphatic imine (C=N–C) groups is 1. The fraction of sp³-hybridized carbons (Fsp3) is 0.200. The van der Waals surface area contributed by atoms with Crippen molar-refractivity contribution in [3.05, 3.63) is 23.8 Å². The maximum absolute atomic E-state index is 11.2. The van der Waals surface area contributed by atoms with Gasteiger partial charge < -0.3 is 9.47 Å². The van der Waals surface area contributed by atoms with E-state index >= 15 is 0 Å². The summed E-state index contributed by atoms with van der Waals surface area (Å²) in [7, 11) is 2.94. The van der Waals surface area contributed by atoms with Crippen LogP contribution in [0.25, 0.3) is 0 Å². The number of benzene rings is 1. The molecule has 5 nitrogen and oxygen atoms in total. The van der Waals surface area contributed by atoms with E-state index in [2.05, 4.69) is 4.99 Å². The van der Waals surface area contributed by atoms with Crippen LogP contribution in [0.2, 0.25) is 0 Å². The zero-order valence-electron chi connectivity index (χ0n) is 8.31. The average molecular weight is 207 g/mol. The minimum absolute atomic E-state index is 0.246. The third kappa shape index (κ3) is 2.42. The molecule has 0 saturated carbocycles. The Hall–Kier alpha value is -2.13. The number of carbonyl (C=O) groups is 1. The van der Waals surface area contributed by atoms with Gasteiger partial charge in [0.2, 0.25) is 6.08 Å². The number of carbonyl (C=O) groups excluding carboxylic acids is 2. The first kappa shape index (κ1) is 10.9. The molecule has 78 valence electrons. The Balaban J connectivity index is 3.13. The smallest absolute Gasteiger partial charge is 0.287 e. The van der Waals surface area contributed by atoms with Crippen LogP contribution in [-0.2, 0) is 4.79 Å². The molecule has 0 spiro atoms. The van der Waals surface area contributed by atoms with E-state index in [0.717, 1.165) is 0 Å². The molecule has 5 heteroatoms. The number of isocyanates is 1. The number of amides is 1. The lowest BCUT2D eigenvalue weighted by Gasteiger charge is -2.07. The summed E-state index contributed by atoms with van der Waals surface area (Å²) >= 11 is 0. The van der Waals surface area contributed by atoms with Crippen molar-refractivity contribution in [2.24, 2.45) is 4.99 Å². The van der Waals surface area contributed by atoms with Gasteiger partial charge in [-0.25, -0.2) is 4.79 Å². The van der Waals surface area contributed by atoms with E-state index in [1.165, 1.54) is 32.4 Å². The lowest BCUT2D eigenvalue weighted by atomic mass is 10.2. The number of ether oxygens (including phenoxy) is 2. The van der Waals surface area contributed by atoms with Gasteiger partial charge in [0.25, 0.3) is 5.91 Å². The topological polar surface area (TPSA) is 65.0 Å². The molecule has 0 atom stereocenters. The van der Waals surface area contributed by atoms with Crippen LogP contribution in [0, 0.1) is 0 Å². The van der Waals surface area contributed by atoms with Gasteiger partial charge in [-0.15, -0.1) is 4.99 Å². The van der Waals surface area contributed by atoms with Crippen LogP contribution in [0.15, 0.2) is 23.2 Å². The van der Waals surface area contributed by atoms with Crippen molar-refractivity contribution < 1.29 is 19.1 Å². The molecule has 0 fully saturated rings. The predicted octanol–water partition coefficient (Wildman–Crippen LogP) is 1.18. The Labute approximate surface area is 86.3 Å². The SMILES string of the molecule is COc1ccc(C(=O)N=C=O)cc1OC. The minimum atomic E-state index is -0.661. The number of hydrogen-bond donors (Lipinski definition) is 0. The Morgan fingerprint density at radius 1 is 1.27 bits per heavy atom. The summed E-state index contributed by atoms with van der Waals surface area (Å²) in [5.41, 5.74) is 0.246. The van der Waals surface area contributed by atoms with Crippen molar-refractivity contribution in [3.8, 4) is 11.5 Å². The number of rotatable bonds is 3. The summed E-state index contributed by atoms with van der Waals surface area (Å²) in [6, 6.07) is 4.50. The summed E-state index contributed by atoms with van der Waals surface area (Å²) in [6.45, 7) is 0. The highest BCUT2D eigenvalue weighted by atomic mass is 16.5. The van der Waals surface area contributed by atoms with Crippen LogP contribution in [0.1, 0.15) is 10.4 Å². The molecule has 15 heavy (non-hydrogen) atoms. The third-order valence-electron chi connectivity index (χ3n) is 1.78. The normalized spacial score (nSPS) is 8.93. The van der Waals surface area contributed by atoms with E-state index in [-0.39, 0.29) is 5.56 Å². The highest BCUT2D eigenvalue weighted by molar-refractivity contribution is 5.97. The molecule has 1 amide bonds. The molecule has 0 aliphatic rings. The lowest BCUT2D eigenvalue weighted by Crippen LogP contribution is -1.97. The van der Waals surface area contributed by atoms with E-state index in [1.54, 1.807) is 6.07 Å². The van der Waals surface area contributed by atoms with Gasteiger partial charge in [-0.3, -0.25) is 4.79 Å². The molecule has 0 unspecified atom stereocenters. The molecule has 0 aromatic heterocycles. The summed E-state index contributed by atoms with van der Waals surface area (Å²) < 4.78 is 9.97. The van der Waals surface area contributed by atoms with E-state index < -0.39 is 5.91 Å². The zero-order chi connectivity index (χ0) is 11.3. The lowest BCUT2D eigenvalue weighted by molar-refractivity contribution is 0.100. The van der Waals surface area contributed by atoms with Crippen LogP contribution in [0.4, 0.5) is 0 Å². The van der Waals surface area contributed by atoms with E-state index in [4.69, 9.17) is 9.47 Å². The van der Waals surface area contributed by atoms with Crippen molar-refractivity contribution in [1.82, 2.24) is 0 Å². The molecule has 0 N–H and O–H groups in total. The van der Waals surface area contributed by atoms with Crippen molar-refractivity contribution in [3.63, 3.8) is 0 Å². The molecule has 0 saturated heterocycles. The summed E-state index contributed by atoms with van der Waals surface area (Å²) in [6.07, 6.45) is 1.19. The Bertz CT molecular complexity index is 421. The Morgan fingerprint density at radius 3 is 2.47 bits per heavy atom. The standard InChI is InChI=1S/C10H9NO4/c1-14-8-4-3-7(5-9(8)15-2)10(13)11-6-12/h3-5H,1-2H3. The second-order valence-corrected chi connectivity index (χ2v) is 2.58. The van der Waals surface area contributed by atoms with Gasteiger partial charge in [0.1, 0.15) is 0 Å². The van der Waals surface area contributed by atoms with Crippen LogP contribution in [0.3, 0.4) is 0 Å². The van der Waals surface area contributed by atoms with Crippen LogP contribution in [0.5, 0.6) is 11.5 Å². The fourth-order valence-electron chi connectivity index (χ4n) is 1.08. The molecule has 0 radical (unpaired) electrons. The molecule has 0 aliphatic heterocycles. The molecule has 0 aliphatic carbocycles. The summed E-state index contributed by atoms with van der Waals surface area (Å²) in [5.74, 6) is 0.250. The maximum Gasteiger partial charge on any atom is 0.287 e. The Kier molecular flexibility index (Phi) is 3.60. The summed E-state index contributed by atoms with van der Waals surface area (Å²) in [4.78, 5) is 24.1. The van der Waals surface area contributed by atoms with Crippen LogP contribution >= 0.6 is 0 Å². The number of nitrogens with zero attached hydrogens (tertiary/aromatic N) is 1. The first-order valence-electron chi connectivity index (χ1n) is 4.07. The second-order valence-electron chi connectivity index (χ2n) is 2.58. The molecule has 1 aromatic rings. The van der Waals surface area contributed by atoms with Crippen LogP contribution in [-0.4, -0.2) is 26.2 Å². The first-order valence-corrected chi connectivity index (χ1v) is 4.07. The molecular formula is C10H9NO4. The van der Waals surface area contributed by atoms with E-state index in [9.17, 15) is 9.59 Å². The largest absolute Gasteiger partial charge is 0.493 e. The van der Waals surface area contributed by atoms with Crippen LogP contribution < -0.4 is 9.47 Å². The molecule has 1 aromatic carbocycles. The molecular weight excluding hydrogens is 198 g/mol. The van der Waals surface area contributed by atoms with Crippen molar-refractivity contribution in [2.45, 2.75) is 0 Å². The molecule has 0 heterocycles.